The molecular weight excluding hydrogens is 336 g/mol. The van der Waals surface area contributed by atoms with E-state index in [4.69, 9.17) is 17.0 Å². The molecule has 0 atom stereocenters. The van der Waals surface area contributed by atoms with Crippen LogP contribution in [0, 0.1) is 13.8 Å². The molecule has 1 aromatic carbocycles. The Labute approximate surface area is 152 Å². The third kappa shape index (κ3) is 6.00. The molecule has 0 aliphatic heterocycles. The molecule has 0 radical (unpaired) electrons. The van der Waals surface area contributed by atoms with Crippen molar-refractivity contribution < 1.29 is 4.74 Å². The molecular formula is C17H22N6OS. The van der Waals surface area contributed by atoms with Crippen LogP contribution in [0.15, 0.2) is 35.3 Å². The molecule has 0 spiro atoms. The van der Waals surface area contributed by atoms with Gasteiger partial charge in [0.2, 0.25) is 11.9 Å². The minimum atomic E-state index is 0.371. The van der Waals surface area contributed by atoms with Gasteiger partial charge >= 0.3 is 0 Å². The third-order valence-electron chi connectivity index (χ3n) is 3.11. The minimum Gasteiger partial charge on any atom is -0.497 e. The molecule has 0 amide bonds. The van der Waals surface area contributed by atoms with Crippen molar-refractivity contribution in [2.75, 3.05) is 24.3 Å². The van der Waals surface area contributed by atoms with Gasteiger partial charge in [0.05, 0.1) is 7.11 Å². The molecule has 2 aromatic rings. The molecule has 0 fully saturated rings. The summed E-state index contributed by atoms with van der Waals surface area (Å²) in [6, 6.07) is 9.39. The van der Waals surface area contributed by atoms with Crippen LogP contribution in [0.5, 0.6) is 5.75 Å². The topological polar surface area (TPSA) is 83.5 Å². The Morgan fingerprint density at radius 3 is 2.32 bits per heavy atom. The van der Waals surface area contributed by atoms with E-state index in [0.717, 1.165) is 22.8 Å². The number of anilines is 2. The quantitative estimate of drug-likeness (QED) is 0.440. The van der Waals surface area contributed by atoms with Gasteiger partial charge in [0.15, 0.2) is 5.11 Å². The standard InChI is InChI=1S/C17H22N6OS/c1-5-18-17(25)23-16(21-13-6-8-14(24-4)9-7-13)22-15-19-11(2)10-12(3)20-15/h6-10H,5H2,1-4H3,(H3,18,19,20,21,22,23,25). The van der Waals surface area contributed by atoms with Crippen molar-refractivity contribution in [3.8, 4) is 5.75 Å². The van der Waals surface area contributed by atoms with Crippen LogP contribution in [0.4, 0.5) is 11.6 Å². The Bertz CT molecular complexity index is 740. The molecule has 25 heavy (non-hydrogen) atoms. The summed E-state index contributed by atoms with van der Waals surface area (Å²) in [4.78, 5) is 13.1. The second-order valence-corrected chi connectivity index (χ2v) is 5.64. The van der Waals surface area contributed by atoms with E-state index in [9.17, 15) is 0 Å². The number of hydrogen-bond acceptors (Lipinski definition) is 4. The van der Waals surface area contributed by atoms with Crippen LogP contribution < -0.4 is 20.7 Å². The Morgan fingerprint density at radius 1 is 1.12 bits per heavy atom. The molecule has 8 heteroatoms. The fourth-order valence-corrected chi connectivity index (χ4v) is 2.31. The van der Waals surface area contributed by atoms with E-state index in [1.807, 2.05) is 51.1 Å². The van der Waals surface area contributed by atoms with Crippen molar-refractivity contribution in [3.63, 3.8) is 0 Å². The van der Waals surface area contributed by atoms with Crippen LogP contribution in [0.25, 0.3) is 0 Å². The first-order chi connectivity index (χ1) is 12.0. The first-order valence-corrected chi connectivity index (χ1v) is 8.28. The summed E-state index contributed by atoms with van der Waals surface area (Å²) in [5, 5.41) is 9.63. The molecule has 0 aliphatic rings. The Kier molecular flexibility index (Phi) is 6.64. The smallest absolute Gasteiger partial charge is 0.229 e. The van der Waals surface area contributed by atoms with Crippen molar-refractivity contribution >= 4 is 34.9 Å². The van der Waals surface area contributed by atoms with Crippen molar-refractivity contribution in [1.82, 2.24) is 15.3 Å². The Balaban J connectivity index is 2.23. The zero-order valence-electron chi connectivity index (χ0n) is 14.8. The van der Waals surface area contributed by atoms with Crippen LogP contribution in [0.3, 0.4) is 0 Å². The number of aliphatic imine (C=N–C) groups is 1. The highest BCUT2D eigenvalue weighted by molar-refractivity contribution is 7.80. The zero-order chi connectivity index (χ0) is 18.2. The van der Waals surface area contributed by atoms with Crippen LogP contribution in [-0.2, 0) is 0 Å². The van der Waals surface area contributed by atoms with Crippen LogP contribution in [0.2, 0.25) is 0 Å². The fraction of sp³-hybridized carbons (Fsp3) is 0.294. The number of nitrogens with one attached hydrogen (secondary N) is 3. The lowest BCUT2D eigenvalue weighted by molar-refractivity contribution is 0.415. The number of aryl methyl sites for hydroxylation is 2. The van der Waals surface area contributed by atoms with Crippen molar-refractivity contribution in [1.29, 1.82) is 0 Å². The van der Waals surface area contributed by atoms with Crippen LogP contribution >= 0.6 is 12.2 Å². The second-order valence-electron chi connectivity index (χ2n) is 5.25. The summed E-state index contributed by atoms with van der Waals surface area (Å²) in [6.45, 7) is 6.48. The average Bonchev–Trinajstić information content (AvgIpc) is 2.54. The maximum absolute atomic E-state index is 5.21. The van der Waals surface area contributed by atoms with E-state index in [-0.39, 0.29) is 0 Å². The molecule has 132 valence electrons. The van der Waals surface area contributed by atoms with Gasteiger partial charge in [-0.05, 0) is 63.3 Å². The summed E-state index contributed by atoms with van der Waals surface area (Å²) < 4.78 is 5.17. The molecule has 0 aliphatic carbocycles. The molecule has 0 bridgehead atoms. The summed E-state index contributed by atoms with van der Waals surface area (Å²) in [5.74, 6) is 1.66. The highest BCUT2D eigenvalue weighted by Crippen LogP contribution is 2.15. The van der Waals surface area contributed by atoms with Gasteiger partial charge in [-0.1, -0.05) is 0 Å². The molecule has 3 N–H and O–H groups in total. The van der Waals surface area contributed by atoms with Gasteiger partial charge in [-0.25, -0.2) is 9.97 Å². The average molecular weight is 358 g/mol. The van der Waals surface area contributed by atoms with Crippen LogP contribution in [-0.4, -0.2) is 34.7 Å². The third-order valence-corrected chi connectivity index (χ3v) is 3.34. The van der Waals surface area contributed by atoms with Crippen molar-refractivity contribution in [2.45, 2.75) is 20.8 Å². The predicted octanol–water partition coefficient (Wildman–Crippen LogP) is 2.88. The van der Waals surface area contributed by atoms with Gasteiger partial charge in [0, 0.05) is 23.6 Å². The number of aromatic nitrogens is 2. The number of thiocarbonyl (C=S) groups is 1. The number of benzene rings is 1. The predicted molar refractivity (Wildman–Crippen MR) is 105 cm³/mol. The lowest BCUT2D eigenvalue weighted by atomic mass is 10.3. The maximum Gasteiger partial charge on any atom is 0.229 e. The summed E-state index contributed by atoms with van der Waals surface area (Å²) in [6.07, 6.45) is 0. The second kappa shape index (κ2) is 8.93. The number of guanidine groups is 1. The Hall–Kier alpha value is -2.74. The molecule has 0 unspecified atom stereocenters. The first-order valence-electron chi connectivity index (χ1n) is 7.87. The molecule has 7 nitrogen and oxygen atoms in total. The van der Waals surface area contributed by atoms with Gasteiger partial charge in [-0.15, -0.1) is 0 Å². The number of ether oxygens (including phenoxy) is 1. The van der Waals surface area contributed by atoms with Gasteiger partial charge < -0.3 is 15.4 Å². The van der Waals surface area contributed by atoms with E-state index in [0.29, 0.717) is 23.6 Å². The van der Waals surface area contributed by atoms with E-state index in [1.165, 1.54) is 0 Å². The van der Waals surface area contributed by atoms with Gasteiger partial charge in [0.1, 0.15) is 5.75 Å². The summed E-state index contributed by atoms with van der Waals surface area (Å²) in [7, 11) is 1.63. The molecule has 1 heterocycles. The number of methoxy groups -OCH3 is 1. The van der Waals surface area contributed by atoms with E-state index < -0.39 is 0 Å². The minimum absolute atomic E-state index is 0.371. The number of nitrogens with zero attached hydrogens (tertiary/aromatic N) is 3. The van der Waals surface area contributed by atoms with Gasteiger partial charge in [-0.3, -0.25) is 5.32 Å². The number of rotatable bonds is 4. The maximum atomic E-state index is 5.21. The molecule has 0 saturated heterocycles. The largest absolute Gasteiger partial charge is 0.497 e. The first kappa shape index (κ1) is 18.6. The van der Waals surface area contributed by atoms with Crippen molar-refractivity contribution in [2.24, 2.45) is 4.99 Å². The van der Waals surface area contributed by atoms with Crippen LogP contribution in [0.1, 0.15) is 18.3 Å². The lowest BCUT2D eigenvalue weighted by Crippen LogP contribution is -2.28. The highest BCUT2D eigenvalue weighted by atomic mass is 32.1. The lowest BCUT2D eigenvalue weighted by Gasteiger charge is -2.13. The summed E-state index contributed by atoms with van der Waals surface area (Å²) >= 11 is 5.21. The molecule has 1 aromatic heterocycles. The fourth-order valence-electron chi connectivity index (χ4n) is 2.08. The summed E-state index contributed by atoms with van der Waals surface area (Å²) in [5.41, 5.74) is 2.57. The molecule has 2 rings (SSSR count). The van der Waals surface area contributed by atoms with E-state index >= 15 is 0 Å². The SMILES string of the molecule is CCNC(=S)/N=C(\Nc1ccc(OC)cc1)Nc1nc(C)cc(C)n1. The monoisotopic (exact) mass is 358 g/mol. The van der Waals surface area contributed by atoms with E-state index in [1.54, 1.807) is 7.11 Å². The normalized spacial score (nSPS) is 11.0. The van der Waals surface area contributed by atoms with Gasteiger partial charge in [0.25, 0.3) is 0 Å². The van der Waals surface area contributed by atoms with Gasteiger partial charge in [-0.2, -0.15) is 4.99 Å². The Morgan fingerprint density at radius 2 is 1.76 bits per heavy atom. The van der Waals surface area contributed by atoms with E-state index in [2.05, 4.69) is 30.9 Å². The zero-order valence-corrected chi connectivity index (χ0v) is 15.6. The highest BCUT2D eigenvalue weighted by Gasteiger charge is 2.07. The molecule has 0 saturated carbocycles. The number of hydrogen-bond donors (Lipinski definition) is 3. The van der Waals surface area contributed by atoms with Crippen molar-refractivity contribution in [3.05, 3.63) is 41.7 Å².